The minimum atomic E-state index is -0.514. The molecule has 6 heteroatoms. The summed E-state index contributed by atoms with van der Waals surface area (Å²) in [6.45, 7) is 11.7. The van der Waals surface area contributed by atoms with E-state index in [2.05, 4.69) is 60.8 Å². The predicted octanol–water partition coefficient (Wildman–Crippen LogP) is 4.16. The van der Waals surface area contributed by atoms with Gasteiger partial charge in [-0.2, -0.15) is 5.26 Å². The summed E-state index contributed by atoms with van der Waals surface area (Å²) in [6.07, 6.45) is 1.50. The molecule has 3 aliphatic heterocycles. The number of carbonyl (C=O) groups is 1. The lowest BCUT2D eigenvalue weighted by molar-refractivity contribution is -0.122. The number of fused-ring (bicyclic) bond motifs is 3. The number of allylic oxidation sites excluding steroid dienone is 1. The standard InChI is InChI=1S/C27H30N4O2/c1-18-26(2,3)22-16-20(6-8-24(22)30(18)4)33-14-13-31-11-9-27(10-12-31)21-15-19(17-28)5-7-23(21)29-25(27)32/h5-8,15-16H,1,9-14H2,2-4H3,(H,29,32). The molecule has 1 N–H and O–H groups in total. The van der Waals surface area contributed by atoms with E-state index in [-0.39, 0.29) is 11.3 Å². The molecule has 5 rings (SSSR count). The van der Waals surface area contributed by atoms with Crippen molar-refractivity contribution < 1.29 is 9.53 Å². The second-order valence-corrected chi connectivity index (χ2v) is 9.91. The summed E-state index contributed by atoms with van der Waals surface area (Å²) in [5.74, 6) is 0.947. The molecule has 0 aliphatic carbocycles. The van der Waals surface area contributed by atoms with E-state index in [9.17, 15) is 10.1 Å². The van der Waals surface area contributed by atoms with Gasteiger partial charge in [-0.3, -0.25) is 9.69 Å². The van der Waals surface area contributed by atoms with E-state index in [1.807, 2.05) is 18.2 Å². The lowest BCUT2D eigenvalue weighted by Gasteiger charge is -2.38. The fourth-order valence-corrected chi connectivity index (χ4v) is 5.55. The quantitative estimate of drug-likeness (QED) is 0.770. The molecule has 0 bridgehead atoms. The Labute approximate surface area is 195 Å². The Morgan fingerprint density at radius 2 is 1.91 bits per heavy atom. The molecule has 3 aliphatic rings. The molecule has 6 nitrogen and oxygen atoms in total. The van der Waals surface area contributed by atoms with Crippen molar-refractivity contribution in [2.75, 3.05) is 43.5 Å². The number of hydrogen-bond donors (Lipinski definition) is 1. The molecular formula is C27H30N4O2. The Kier molecular flexibility index (Phi) is 4.98. The van der Waals surface area contributed by atoms with E-state index in [0.717, 1.165) is 55.2 Å². The number of benzene rings is 2. The Morgan fingerprint density at radius 3 is 2.64 bits per heavy atom. The van der Waals surface area contributed by atoms with Crippen LogP contribution >= 0.6 is 0 Å². The molecule has 1 spiro atoms. The monoisotopic (exact) mass is 442 g/mol. The first-order valence-corrected chi connectivity index (χ1v) is 11.6. The van der Waals surface area contributed by atoms with Crippen LogP contribution in [-0.2, 0) is 15.6 Å². The maximum absolute atomic E-state index is 12.9. The number of anilines is 2. The highest BCUT2D eigenvalue weighted by Crippen LogP contribution is 2.47. The zero-order valence-electron chi connectivity index (χ0n) is 19.6. The molecule has 0 saturated carbocycles. The van der Waals surface area contributed by atoms with Gasteiger partial charge in [-0.1, -0.05) is 20.4 Å². The summed E-state index contributed by atoms with van der Waals surface area (Å²) in [6, 6.07) is 14.0. The SMILES string of the molecule is C=C1N(C)c2ccc(OCCN3CCC4(CC3)C(=O)Nc3ccc(C#N)cc34)cc2C1(C)C. The minimum absolute atomic E-state index is 0.0656. The number of nitrogens with zero attached hydrogens (tertiary/aromatic N) is 3. The topological polar surface area (TPSA) is 68.6 Å². The zero-order chi connectivity index (χ0) is 23.4. The van der Waals surface area contributed by atoms with Gasteiger partial charge in [-0.05, 0) is 73.5 Å². The molecule has 0 atom stereocenters. The first-order chi connectivity index (χ1) is 15.8. The molecule has 170 valence electrons. The van der Waals surface area contributed by atoms with Gasteiger partial charge in [0.2, 0.25) is 5.91 Å². The Balaban J connectivity index is 1.20. The second-order valence-electron chi connectivity index (χ2n) is 9.91. The minimum Gasteiger partial charge on any atom is -0.492 e. The lowest BCUT2D eigenvalue weighted by Crippen LogP contribution is -2.47. The van der Waals surface area contributed by atoms with Crippen LogP contribution in [0.1, 0.15) is 43.4 Å². The molecule has 1 amide bonds. The highest BCUT2D eigenvalue weighted by Gasteiger charge is 2.48. The van der Waals surface area contributed by atoms with Gasteiger partial charge in [-0.15, -0.1) is 0 Å². The molecule has 2 aromatic carbocycles. The van der Waals surface area contributed by atoms with Crippen LogP contribution in [0, 0.1) is 11.3 Å². The van der Waals surface area contributed by atoms with Crippen LogP contribution in [0.15, 0.2) is 48.7 Å². The summed E-state index contributed by atoms with van der Waals surface area (Å²) in [4.78, 5) is 17.4. The number of rotatable bonds is 4. The fraction of sp³-hybridized carbons (Fsp3) is 0.407. The largest absolute Gasteiger partial charge is 0.492 e. The summed E-state index contributed by atoms with van der Waals surface area (Å²) in [7, 11) is 2.06. The summed E-state index contributed by atoms with van der Waals surface area (Å²) in [5, 5.41) is 12.3. The zero-order valence-corrected chi connectivity index (χ0v) is 19.6. The van der Waals surface area contributed by atoms with Gasteiger partial charge in [0.15, 0.2) is 0 Å². The number of hydrogen-bond acceptors (Lipinski definition) is 5. The van der Waals surface area contributed by atoms with Crippen LogP contribution < -0.4 is 15.0 Å². The Bertz CT molecular complexity index is 1190. The summed E-state index contributed by atoms with van der Waals surface area (Å²) < 4.78 is 6.12. The second kappa shape index (κ2) is 7.64. The van der Waals surface area contributed by atoms with E-state index in [1.165, 1.54) is 11.3 Å². The van der Waals surface area contributed by atoms with Crippen molar-refractivity contribution in [3.63, 3.8) is 0 Å². The average molecular weight is 443 g/mol. The third-order valence-corrected chi connectivity index (χ3v) is 7.86. The summed E-state index contributed by atoms with van der Waals surface area (Å²) >= 11 is 0. The number of amides is 1. The van der Waals surface area contributed by atoms with Crippen molar-refractivity contribution in [3.8, 4) is 11.8 Å². The lowest BCUT2D eigenvalue weighted by atomic mass is 9.73. The molecular weight excluding hydrogens is 412 g/mol. The number of likely N-dealkylation sites (N-methyl/N-ethyl adjacent to an activating group) is 1. The van der Waals surface area contributed by atoms with E-state index >= 15 is 0 Å². The van der Waals surface area contributed by atoms with E-state index in [0.29, 0.717) is 12.2 Å². The smallest absolute Gasteiger partial charge is 0.235 e. The van der Waals surface area contributed by atoms with Crippen LogP contribution in [0.25, 0.3) is 0 Å². The average Bonchev–Trinajstić information content (AvgIpc) is 3.18. The Hall–Kier alpha value is -3.30. The number of likely N-dealkylation sites (tertiary alicyclic amines) is 1. The van der Waals surface area contributed by atoms with Crippen LogP contribution in [0.2, 0.25) is 0 Å². The van der Waals surface area contributed by atoms with Crippen LogP contribution in [0.3, 0.4) is 0 Å². The van der Waals surface area contributed by atoms with Crippen LogP contribution in [-0.4, -0.2) is 44.1 Å². The predicted molar refractivity (Wildman–Crippen MR) is 130 cm³/mol. The van der Waals surface area contributed by atoms with E-state index in [1.54, 1.807) is 6.07 Å². The van der Waals surface area contributed by atoms with Crippen molar-refractivity contribution >= 4 is 17.3 Å². The highest BCUT2D eigenvalue weighted by atomic mass is 16.5. The first-order valence-electron chi connectivity index (χ1n) is 11.6. The molecule has 1 fully saturated rings. The van der Waals surface area contributed by atoms with Gasteiger partial charge >= 0.3 is 0 Å². The first kappa shape index (κ1) is 21.5. The van der Waals surface area contributed by atoms with Crippen molar-refractivity contribution in [1.29, 1.82) is 5.26 Å². The number of nitriles is 1. The van der Waals surface area contributed by atoms with Gasteiger partial charge in [0.05, 0.1) is 17.0 Å². The van der Waals surface area contributed by atoms with Crippen LogP contribution in [0.4, 0.5) is 11.4 Å². The van der Waals surface area contributed by atoms with Crippen molar-refractivity contribution in [1.82, 2.24) is 4.90 Å². The van der Waals surface area contributed by atoms with Gasteiger partial charge in [0.1, 0.15) is 12.4 Å². The van der Waals surface area contributed by atoms with Crippen molar-refractivity contribution in [2.45, 2.75) is 37.5 Å². The van der Waals surface area contributed by atoms with E-state index < -0.39 is 5.41 Å². The summed E-state index contributed by atoms with van der Waals surface area (Å²) in [5.41, 5.74) is 5.35. The third-order valence-electron chi connectivity index (χ3n) is 7.86. The van der Waals surface area contributed by atoms with Crippen molar-refractivity contribution in [2.24, 2.45) is 0 Å². The molecule has 1 saturated heterocycles. The van der Waals surface area contributed by atoms with Gasteiger partial charge in [0.25, 0.3) is 0 Å². The van der Waals surface area contributed by atoms with Gasteiger partial charge in [0, 0.05) is 36.1 Å². The Morgan fingerprint density at radius 1 is 1.15 bits per heavy atom. The number of nitrogens with one attached hydrogen (secondary N) is 1. The third kappa shape index (κ3) is 3.30. The van der Waals surface area contributed by atoms with Crippen LogP contribution in [0.5, 0.6) is 5.75 Å². The fourth-order valence-electron chi connectivity index (χ4n) is 5.55. The highest BCUT2D eigenvalue weighted by molar-refractivity contribution is 6.06. The molecule has 0 radical (unpaired) electrons. The molecule has 0 unspecified atom stereocenters. The van der Waals surface area contributed by atoms with Crippen molar-refractivity contribution in [3.05, 3.63) is 65.4 Å². The number of ether oxygens (including phenoxy) is 1. The molecule has 33 heavy (non-hydrogen) atoms. The maximum Gasteiger partial charge on any atom is 0.235 e. The maximum atomic E-state index is 12.9. The molecule has 3 heterocycles. The number of carbonyl (C=O) groups excluding carboxylic acids is 1. The van der Waals surface area contributed by atoms with Gasteiger partial charge in [-0.25, -0.2) is 0 Å². The molecule has 0 aromatic heterocycles. The van der Waals surface area contributed by atoms with E-state index in [4.69, 9.17) is 4.74 Å². The number of piperidine rings is 1. The van der Waals surface area contributed by atoms with Gasteiger partial charge < -0.3 is 15.0 Å². The molecule has 2 aromatic rings. The normalized spacial score (nSPS) is 20.4.